The molecule has 0 aliphatic heterocycles. The van der Waals surface area contributed by atoms with Crippen molar-refractivity contribution in [1.82, 2.24) is 15.0 Å². The van der Waals surface area contributed by atoms with Crippen molar-refractivity contribution in [1.29, 1.82) is 0 Å². The molecule has 3 aromatic rings. The lowest BCUT2D eigenvalue weighted by Gasteiger charge is -2.06. The first-order valence-corrected chi connectivity index (χ1v) is 8.60. The van der Waals surface area contributed by atoms with E-state index in [1.165, 1.54) is 6.07 Å². The molecule has 0 spiro atoms. The van der Waals surface area contributed by atoms with Crippen LogP contribution >= 0.6 is 0 Å². The Bertz CT molecular complexity index is 820. The van der Waals surface area contributed by atoms with Gasteiger partial charge >= 0.3 is 11.3 Å². The number of aryl methyl sites for hydroxylation is 1. The van der Waals surface area contributed by atoms with Crippen LogP contribution in [0.4, 0.5) is 13.2 Å². The van der Waals surface area contributed by atoms with Crippen molar-refractivity contribution >= 4 is 22.2 Å². The SMILES string of the molecule is [O-][S+](CCCc1ccccn1)c1nc2cc(C(F)(F)F)ccc2[nH]1. The Balaban J connectivity index is 1.67. The number of hydrogen-bond donors (Lipinski definition) is 1. The van der Waals surface area contributed by atoms with Gasteiger partial charge in [0.05, 0.1) is 16.6 Å². The second kappa shape index (κ2) is 6.82. The number of pyridine rings is 1. The summed E-state index contributed by atoms with van der Waals surface area (Å²) in [4.78, 5) is 11.1. The molecule has 0 radical (unpaired) electrons. The van der Waals surface area contributed by atoms with Crippen molar-refractivity contribution in [3.63, 3.8) is 0 Å². The van der Waals surface area contributed by atoms with Crippen LogP contribution in [0.15, 0.2) is 47.8 Å². The number of rotatable bonds is 5. The first-order chi connectivity index (χ1) is 11.4. The lowest BCUT2D eigenvalue weighted by atomic mass is 10.2. The number of nitrogens with one attached hydrogen (secondary N) is 1. The predicted octanol–water partition coefficient (Wildman–Crippen LogP) is 3.72. The Morgan fingerprint density at radius 1 is 1.17 bits per heavy atom. The molecule has 0 saturated heterocycles. The van der Waals surface area contributed by atoms with Gasteiger partial charge in [-0.05, 0) is 43.2 Å². The number of nitrogens with zero attached hydrogens (tertiary/aromatic N) is 2. The van der Waals surface area contributed by atoms with Crippen molar-refractivity contribution < 1.29 is 17.7 Å². The number of benzene rings is 1. The second-order valence-electron chi connectivity index (χ2n) is 5.25. The number of aromatic amines is 1. The normalized spacial score (nSPS) is 13.3. The summed E-state index contributed by atoms with van der Waals surface area (Å²) in [7, 11) is 0. The van der Waals surface area contributed by atoms with Crippen LogP contribution in [0.25, 0.3) is 11.0 Å². The lowest BCUT2D eigenvalue weighted by Crippen LogP contribution is -2.09. The van der Waals surface area contributed by atoms with E-state index in [4.69, 9.17) is 0 Å². The van der Waals surface area contributed by atoms with Crippen LogP contribution in [-0.2, 0) is 23.8 Å². The van der Waals surface area contributed by atoms with Crippen molar-refractivity contribution in [3.05, 3.63) is 53.9 Å². The van der Waals surface area contributed by atoms with E-state index < -0.39 is 22.9 Å². The summed E-state index contributed by atoms with van der Waals surface area (Å²) >= 11 is -1.39. The molecule has 24 heavy (non-hydrogen) atoms. The highest BCUT2D eigenvalue weighted by atomic mass is 32.2. The molecular formula is C16H14F3N3OS. The van der Waals surface area contributed by atoms with Crippen LogP contribution in [0.3, 0.4) is 0 Å². The smallest absolute Gasteiger partial charge is 0.416 e. The molecule has 1 aromatic carbocycles. The van der Waals surface area contributed by atoms with Gasteiger partial charge in [-0.3, -0.25) is 9.97 Å². The number of alkyl halides is 3. The fraction of sp³-hybridized carbons (Fsp3) is 0.250. The van der Waals surface area contributed by atoms with Gasteiger partial charge in [-0.2, -0.15) is 18.2 Å². The van der Waals surface area contributed by atoms with E-state index in [1.54, 1.807) is 6.20 Å². The van der Waals surface area contributed by atoms with Gasteiger partial charge in [0.25, 0.3) is 0 Å². The molecule has 1 unspecified atom stereocenters. The average Bonchev–Trinajstić information content (AvgIpc) is 2.98. The molecule has 3 rings (SSSR count). The zero-order valence-corrected chi connectivity index (χ0v) is 13.3. The average molecular weight is 353 g/mol. The maximum absolute atomic E-state index is 12.7. The minimum Gasteiger partial charge on any atom is -0.609 e. The monoisotopic (exact) mass is 353 g/mol. The molecular weight excluding hydrogens is 339 g/mol. The number of aromatic nitrogens is 3. The third-order valence-electron chi connectivity index (χ3n) is 3.49. The van der Waals surface area contributed by atoms with E-state index in [2.05, 4.69) is 15.0 Å². The van der Waals surface area contributed by atoms with E-state index >= 15 is 0 Å². The first kappa shape index (κ1) is 16.8. The highest BCUT2D eigenvalue weighted by Crippen LogP contribution is 2.31. The van der Waals surface area contributed by atoms with Crippen LogP contribution in [0.2, 0.25) is 0 Å². The maximum Gasteiger partial charge on any atom is 0.416 e. The summed E-state index contributed by atoms with van der Waals surface area (Å²) in [6.07, 6.45) is -1.39. The third kappa shape index (κ3) is 3.88. The van der Waals surface area contributed by atoms with Gasteiger partial charge in [0.1, 0.15) is 5.75 Å². The number of hydrogen-bond acceptors (Lipinski definition) is 3. The molecule has 2 aromatic heterocycles. The van der Waals surface area contributed by atoms with Gasteiger partial charge in [0, 0.05) is 23.1 Å². The van der Waals surface area contributed by atoms with Crippen LogP contribution in [0, 0.1) is 0 Å². The number of imidazole rings is 1. The van der Waals surface area contributed by atoms with E-state index in [9.17, 15) is 17.7 Å². The molecule has 2 heterocycles. The molecule has 0 saturated carbocycles. The summed E-state index contributed by atoms with van der Waals surface area (Å²) < 4.78 is 50.4. The first-order valence-electron chi connectivity index (χ1n) is 7.29. The van der Waals surface area contributed by atoms with E-state index in [0.717, 1.165) is 17.8 Å². The summed E-state index contributed by atoms with van der Waals surface area (Å²) in [6.45, 7) is 0. The maximum atomic E-state index is 12.7. The van der Waals surface area contributed by atoms with E-state index in [1.807, 2.05) is 18.2 Å². The minimum atomic E-state index is -4.42. The highest BCUT2D eigenvalue weighted by Gasteiger charge is 2.31. The quantitative estimate of drug-likeness (QED) is 0.711. The minimum absolute atomic E-state index is 0.165. The lowest BCUT2D eigenvalue weighted by molar-refractivity contribution is -0.137. The van der Waals surface area contributed by atoms with Gasteiger partial charge < -0.3 is 4.55 Å². The van der Waals surface area contributed by atoms with Gasteiger partial charge in [0.15, 0.2) is 0 Å². The Labute approximate surface area is 139 Å². The summed E-state index contributed by atoms with van der Waals surface area (Å²) in [5.74, 6) is 0.364. The Morgan fingerprint density at radius 3 is 2.71 bits per heavy atom. The zero-order chi connectivity index (χ0) is 17.2. The molecule has 0 bridgehead atoms. The van der Waals surface area contributed by atoms with Gasteiger partial charge in [-0.15, -0.1) is 0 Å². The Hall–Kier alpha value is -2.06. The van der Waals surface area contributed by atoms with E-state index in [0.29, 0.717) is 24.1 Å². The molecule has 0 aliphatic carbocycles. The van der Waals surface area contributed by atoms with Gasteiger partial charge in [-0.1, -0.05) is 6.07 Å². The molecule has 4 nitrogen and oxygen atoms in total. The molecule has 8 heteroatoms. The largest absolute Gasteiger partial charge is 0.609 e. The van der Waals surface area contributed by atoms with Crippen LogP contribution in [-0.4, -0.2) is 25.3 Å². The van der Waals surface area contributed by atoms with Crippen LogP contribution in [0.1, 0.15) is 17.7 Å². The summed E-state index contributed by atoms with van der Waals surface area (Å²) in [5, 5.41) is 0.199. The molecule has 0 amide bonds. The van der Waals surface area contributed by atoms with E-state index in [-0.39, 0.29) is 10.7 Å². The topological polar surface area (TPSA) is 64.6 Å². The molecule has 126 valence electrons. The van der Waals surface area contributed by atoms with Gasteiger partial charge in [0.2, 0.25) is 0 Å². The summed E-state index contributed by atoms with van der Waals surface area (Å²) in [6, 6.07) is 8.85. The Morgan fingerprint density at radius 2 is 2.00 bits per heavy atom. The number of fused-ring (bicyclic) bond motifs is 1. The zero-order valence-electron chi connectivity index (χ0n) is 12.5. The summed E-state index contributed by atoms with van der Waals surface area (Å²) in [5.41, 5.74) is 0.747. The number of H-pyrrole nitrogens is 1. The second-order valence-corrected chi connectivity index (χ2v) is 6.73. The number of halogens is 3. The fourth-order valence-electron chi connectivity index (χ4n) is 2.29. The highest BCUT2D eigenvalue weighted by molar-refractivity contribution is 7.91. The van der Waals surface area contributed by atoms with Crippen molar-refractivity contribution in [2.24, 2.45) is 0 Å². The molecule has 1 atom stereocenters. The fourth-order valence-corrected chi connectivity index (χ4v) is 3.32. The predicted molar refractivity (Wildman–Crippen MR) is 84.9 cm³/mol. The third-order valence-corrected chi connectivity index (χ3v) is 4.78. The van der Waals surface area contributed by atoms with Gasteiger partial charge in [-0.25, -0.2) is 0 Å². The standard InChI is InChI=1S/C16H14F3N3OS/c17-16(18,19)11-6-7-13-14(10-11)22-15(21-13)24(23)9-3-5-12-4-1-2-8-20-12/h1-2,4,6-8,10H,3,5,9H2,(H,21,22). The van der Waals surface area contributed by atoms with Crippen molar-refractivity contribution in [2.45, 2.75) is 24.2 Å². The van der Waals surface area contributed by atoms with Crippen LogP contribution in [0.5, 0.6) is 0 Å². The molecule has 0 aliphatic rings. The van der Waals surface area contributed by atoms with Crippen LogP contribution < -0.4 is 0 Å². The Kier molecular flexibility index (Phi) is 4.77. The van der Waals surface area contributed by atoms with Crippen molar-refractivity contribution in [2.75, 3.05) is 5.75 Å². The molecule has 0 fully saturated rings. The molecule has 1 N–H and O–H groups in total. The van der Waals surface area contributed by atoms with Crippen molar-refractivity contribution in [3.8, 4) is 0 Å².